The number of nitriles is 1. The first-order valence-electron chi connectivity index (χ1n) is 1.50. The predicted octanol–water partition coefficient (Wildman–Crippen LogP) is 1.09. The number of nitrogens with zero attached hydrogens (tertiary/aromatic N) is 1. The Bertz CT molecular complexity index is 106. The summed E-state index contributed by atoms with van der Waals surface area (Å²) in [6, 6.07) is 1.81. The van der Waals surface area contributed by atoms with Gasteiger partial charge in [0.25, 0.3) is 0 Å². The quantitative estimate of drug-likeness (QED) is 0.544. The van der Waals surface area contributed by atoms with Crippen LogP contribution in [0.15, 0.2) is 0 Å². The second-order valence-electron chi connectivity index (χ2n) is 0.713. The van der Waals surface area contributed by atoms with Crippen LogP contribution in [0.25, 0.3) is 0 Å². The third-order valence-corrected chi connectivity index (χ3v) is 1.13. The molecule has 0 fully saturated rings. The van der Waals surface area contributed by atoms with Crippen molar-refractivity contribution in [1.29, 1.82) is 5.26 Å². The molecule has 0 spiro atoms. The molecular formula is C3H3NOS2. The zero-order valence-corrected chi connectivity index (χ0v) is 5.05. The van der Waals surface area contributed by atoms with Gasteiger partial charge < -0.3 is 5.11 Å². The second-order valence-corrected chi connectivity index (χ2v) is 2.32. The van der Waals surface area contributed by atoms with Crippen LogP contribution in [0.4, 0.5) is 0 Å². The minimum Gasteiger partial charge on any atom is -0.494 e. The lowest BCUT2D eigenvalue weighted by molar-refractivity contribution is 0.586. The van der Waals surface area contributed by atoms with Crippen LogP contribution in [0, 0.1) is 11.3 Å². The number of thioether (sulfide) groups is 1. The lowest BCUT2D eigenvalue weighted by atomic mass is 10.9. The van der Waals surface area contributed by atoms with Crippen LogP contribution in [0.3, 0.4) is 0 Å². The van der Waals surface area contributed by atoms with E-state index in [4.69, 9.17) is 10.4 Å². The third kappa shape index (κ3) is 5.73. The molecule has 0 saturated heterocycles. The SMILES string of the molecule is N#CCSC(O)=S. The van der Waals surface area contributed by atoms with Gasteiger partial charge in [0.05, 0.1) is 11.8 Å². The van der Waals surface area contributed by atoms with Crippen molar-refractivity contribution >= 4 is 28.4 Å². The van der Waals surface area contributed by atoms with Gasteiger partial charge in [0.1, 0.15) is 0 Å². The Hall–Kier alpha value is -0.270. The van der Waals surface area contributed by atoms with Gasteiger partial charge in [-0.1, -0.05) is 11.8 Å². The highest BCUT2D eigenvalue weighted by Crippen LogP contribution is 1.97. The van der Waals surface area contributed by atoms with E-state index in [1.807, 2.05) is 6.07 Å². The second kappa shape index (κ2) is 3.90. The predicted molar refractivity (Wildman–Crippen MR) is 33.3 cm³/mol. The largest absolute Gasteiger partial charge is 0.494 e. The molecule has 2 nitrogen and oxygen atoms in total. The molecule has 0 unspecified atom stereocenters. The molecule has 7 heavy (non-hydrogen) atoms. The summed E-state index contributed by atoms with van der Waals surface area (Å²) in [4.78, 5) is 0. The first kappa shape index (κ1) is 6.73. The maximum atomic E-state index is 8.23. The lowest BCUT2D eigenvalue weighted by Crippen LogP contribution is -1.82. The summed E-state index contributed by atoms with van der Waals surface area (Å²) in [6.45, 7) is 0. The molecule has 0 aliphatic heterocycles. The standard InChI is InChI=1S/C3H3NOS2/c4-1-2-7-3(5)6/h2H2,(H,5,6). The smallest absolute Gasteiger partial charge is 0.218 e. The molecule has 0 bridgehead atoms. The van der Waals surface area contributed by atoms with Crippen molar-refractivity contribution in [2.75, 3.05) is 5.75 Å². The monoisotopic (exact) mass is 133 g/mol. The molecule has 0 atom stereocenters. The maximum Gasteiger partial charge on any atom is 0.218 e. The van der Waals surface area contributed by atoms with Crippen LogP contribution in [-0.4, -0.2) is 15.2 Å². The normalized spacial score (nSPS) is 7.29. The number of aliphatic hydroxyl groups excluding tert-OH is 1. The van der Waals surface area contributed by atoms with E-state index >= 15 is 0 Å². The number of hydrogen-bond donors (Lipinski definition) is 1. The van der Waals surface area contributed by atoms with Crippen molar-refractivity contribution in [3.63, 3.8) is 0 Å². The average Bonchev–Trinajstić information content (AvgIpc) is 1.61. The molecule has 1 N–H and O–H groups in total. The molecule has 0 saturated carbocycles. The highest BCUT2D eigenvalue weighted by Gasteiger charge is 1.86. The van der Waals surface area contributed by atoms with Crippen molar-refractivity contribution < 1.29 is 5.11 Å². The van der Waals surface area contributed by atoms with E-state index in [0.717, 1.165) is 11.8 Å². The highest BCUT2D eigenvalue weighted by molar-refractivity contribution is 8.22. The van der Waals surface area contributed by atoms with E-state index in [1.165, 1.54) is 0 Å². The van der Waals surface area contributed by atoms with Crippen LogP contribution < -0.4 is 0 Å². The van der Waals surface area contributed by atoms with Crippen molar-refractivity contribution in [2.45, 2.75) is 0 Å². The third-order valence-electron chi connectivity index (χ3n) is 0.260. The van der Waals surface area contributed by atoms with Crippen LogP contribution in [0.1, 0.15) is 0 Å². The first-order chi connectivity index (χ1) is 3.27. The van der Waals surface area contributed by atoms with Crippen LogP contribution >= 0.6 is 24.0 Å². The van der Waals surface area contributed by atoms with Gasteiger partial charge in [-0.2, -0.15) is 5.26 Å². The fourth-order valence-electron chi connectivity index (χ4n) is 0.0940. The zero-order valence-electron chi connectivity index (χ0n) is 3.42. The minimum atomic E-state index is -0.165. The summed E-state index contributed by atoms with van der Waals surface area (Å²) in [6.07, 6.45) is 0. The summed E-state index contributed by atoms with van der Waals surface area (Å²) >= 11 is 5.19. The molecule has 0 aromatic rings. The Kier molecular flexibility index (Phi) is 3.75. The topological polar surface area (TPSA) is 44.0 Å². The van der Waals surface area contributed by atoms with Gasteiger partial charge in [0.15, 0.2) is 0 Å². The van der Waals surface area contributed by atoms with Gasteiger partial charge in [-0.15, -0.1) is 0 Å². The van der Waals surface area contributed by atoms with Crippen LogP contribution in [0.5, 0.6) is 0 Å². The Balaban J connectivity index is 3.02. The summed E-state index contributed by atoms with van der Waals surface area (Å²) in [5, 5.41) is 16.1. The molecule has 0 aliphatic rings. The molecule has 0 aromatic heterocycles. The molecule has 0 aliphatic carbocycles. The van der Waals surface area contributed by atoms with E-state index in [1.54, 1.807) is 0 Å². The number of thiocarbonyl (C=S) groups is 1. The maximum absolute atomic E-state index is 8.23. The Morgan fingerprint density at radius 2 is 2.57 bits per heavy atom. The van der Waals surface area contributed by atoms with E-state index in [2.05, 4.69) is 12.2 Å². The van der Waals surface area contributed by atoms with Gasteiger partial charge in [0.2, 0.25) is 4.38 Å². The first-order valence-corrected chi connectivity index (χ1v) is 2.89. The molecule has 38 valence electrons. The van der Waals surface area contributed by atoms with Crippen molar-refractivity contribution in [3.05, 3.63) is 0 Å². The summed E-state index contributed by atoms with van der Waals surface area (Å²) in [7, 11) is 0. The number of hydrogen-bond acceptors (Lipinski definition) is 3. The summed E-state index contributed by atoms with van der Waals surface area (Å²) in [5.41, 5.74) is 0. The molecule has 0 rings (SSSR count). The van der Waals surface area contributed by atoms with Gasteiger partial charge >= 0.3 is 0 Å². The van der Waals surface area contributed by atoms with E-state index in [9.17, 15) is 0 Å². The molecule has 4 heteroatoms. The van der Waals surface area contributed by atoms with E-state index in [0.29, 0.717) is 0 Å². The van der Waals surface area contributed by atoms with Gasteiger partial charge in [-0.25, -0.2) is 0 Å². The van der Waals surface area contributed by atoms with Crippen LogP contribution in [-0.2, 0) is 0 Å². The Morgan fingerprint density at radius 3 is 2.71 bits per heavy atom. The van der Waals surface area contributed by atoms with E-state index < -0.39 is 0 Å². The highest BCUT2D eigenvalue weighted by atomic mass is 32.2. The van der Waals surface area contributed by atoms with E-state index in [-0.39, 0.29) is 10.1 Å². The number of aliphatic hydroxyl groups is 1. The average molecular weight is 133 g/mol. The fourth-order valence-corrected chi connectivity index (χ4v) is 0.459. The zero-order chi connectivity index (χ0) is 5.70. The van der Waals surface area contributed by atoms with Gasteiger partial charge in [-0.05, 0) is 12.2 Å². The molecular weight excluding hydrogens is 130 g/mol. The van der Waals surface area contributed by atoms with Gasteiger partial charge in [0, 0.05) is 0 Å². The molecule has 0 heterocycles. The van der Waals surface area contributed by atoms with Crippen LogP contribution in [0.2, 0.25) is 0 Å². The molecule has 0 amide bonds. The summed E-state index contributed by atoms with van der Waals surface area (Å²) < 4.78 is -0.165. The van der Waals surface area contributed by atoms with Crippen molar-refractivity contribution in [1.82, 2.24) is 0 Å². The Labute approximate surface area is 51.1 Å². The van der Waals surface area contributed by atoms with Crippen molar-refractivity contribution in [2.24, 2.45) is 0 Å². The molecule has 0 aromatic carbocycles. The molecule has 0 radical (unpaired) electrons. The lowest BCUT2D eigenvalue weighted by Gasteiger charge is -1.82. The van der Waals surface area contributed by atoms with Crippen molar-refractivity contribution in [3.8, 4) is 6.07 Å². The fraction of sp³-hybridized carbons (Fsp3) is 0.333. The Morgan fingerprint density at radius 1 is 2.00 bits per heavy atom. The number of rotatable bonds is 1. The van der Waals surface area contributed by atoms with Gasteiger partial charge in [-0.3, -0.25) is 0 Å². The summed E-state index contributed by atoms with van der Waals surface area (Å²) in [5.74, 6) is 0.231. The minimum absolute atomic E-state index is 0.165.